The zero-order chi connectivity index (χ0) is 35.9. The van der Waals surface area contributed by atoms with Gasteiger partial charge in [-0.2, -0.15) is 0 Å². The van der Waals surface area contributed by atoms with E-state index in [1.807, 2.05) is 67.6 Å². The molecule has 0 bridgehead atoms. The number of carbonyl (C=O) groups is 3. The highest BCUT2D eigenvalue weighted by molar-refractivity contribution is 5.99. The van der Waals surface area contributed by atoms with Crippen LogP contribution in [0.15, 0.2) is 109 Å². The molecule has 3 atom stereocenters. The molecule has 0 heterocycles. The fourth-order valence-electron chi connectivity index (χ4n) is 6.78. The molecule has 0 unspecified atom stereocenters. The number of amides is 2. The highest BCUT2D eigenvalue weighted by Crippen LogP contribution is 2.38. The Bertz CT molecular complexity index is 1760. The molecule has 4 aromatic rings. The van der Waals surface area contributed by atoms with Gasteiger partial charge in [0.15, 0.2) is 0 Å². The molecule has 5 rings (SSSR count). The molecule has 0 aromatic heterocycles. The normalized spacial score (nSPS) is 16.2. The first-order valence-electron chi connectivity index (χ1n) is 17.7. The largest absolute Gasteiger partial charge is 0.390 e. The van der Waals surface area contributed by atoms with Crippen molar-refractivity contribution >= 4 is 17.6 Å². The van der Waals surface area contributed by atoms with Crippen LogP contribution in [0.4, 0.5) is 0 Å². The third-order valence-corrected chi connectivity index (χ3v) is 10.2. The number of aliphatic hydroxyl groups is 1. The van der Waals surface area contributed by atoms with Crippen LogP contribution < -0.4 is 10.6 Å². The molecule has 50 heavy (non-hydrogen) atoms. The summed E-state index contributed by atoms with van der Waals surface area (Å²) in [7, 11) is 1.76. The van der Waals surface area contributed by atoms with Crippen LogP contribution in [0.2, 0.25) is 0 Å². The number of hydrogen-bond donors (Lipinski definition) is 3. The van der Waals surface area contributed by atoms with Crippen molar-refractivity contribution in [2.75, 3.05) is 13.6 Å². The maximum absolute atomic E-state index is 13.8. The molecule has 262 valence electrons. The van der Waals surface area contributed by atoms with E-state index < -0.39 is 17.7 Å². The molecule has 3 N–H and O–H groups in total. The highest BCUT2D eigenvalue weighted by atomic mass is 16.3. The first-order valence-corrected chi connectivity index (χ1v) is 17.7. The molecule has 1 saturated carbocycles. The van der Waals surface area contributed by atoms with Crippen LogP contribution in [0.5, 0.6) is 0 Å². The van der Waals surface area contributed by atoms with E-state index in [-0.39, 0.29) is 35.6 Å². The lowest BCUT2D eigenvalue weighted by Gasteiger charge is -2.40. The molecule has 7 nitrogen and oxygen atoms in total. The Morgan fingerprint density at radius 1 is 0.840 bits per heavy atom. The molecule has 1 aliphatic carbocycles. The summed E-state index contributed by atoms with van der Waals surface area (Å²) in [6, 6.07) is 34.1. The van der Waals surface area contributed by atoms with Gasteiger partial charge in [-0.05, 0) is 72.1 Å². The van der Waals surface area contributed by atoms with Gasteiger partial charge in [0.05, 0.1) is 18.2 Å². The van der Waals surface area contributed by atoms with Crippen LogP contribution in [-0.4, -0.2) is 53.3 Å². The molecule has 4 aromatic carbocycles. The lowest BCUT2D eigenvalue weighted by Crippen LogP contribution is -2.53. The second-order valence-corrected chi connectivity index (χ2v) is 14.8. The van der Waals surface area contributed by atoms with Crippen LogP contribution in [0.25, 0.3) is 0 Å². The van der Waals surface area contributed by atoms with E-state index >= 15 is 0 Å². The van der Waals surface area contributed by atoms with Gasteiger partial charge in [-0.25, -0.2) is 0 Å². The van der Waals surface area contributed by atoms with Crippen LogP contribution >= 0.6 is 0 Å². The first-order chi connectivity index (χ1) is 23.9. The number of nitrogens with zero attached hydrogens (tertiary/aromatic N) is 1. The van der Waals surface area contributed by atoms with Crippen LogP contribution in [0.1, 0.15) is 102 Å². The predicted molar refractivity (Wildman–Crippen MR) is 199 cm³/mol. The summed E-state index contributed by atoms with van der Waals surface area (Å²) < 4.78 is 0. The molecule has 2 amide bonds. The van der Waals surface area contributed by atoms with Crippen molar-refractivity contribution in [3.63, 3.8) is 0 Å². The Morgan fingerprint density at radius 2 is 1.46 bits per heavy atom. The summed E-state index contributed by atoms with van der Waals surface area (Å²) in [5, 5.41) is 18.6. The molecule has 0 spiro atoms. The van der Waals surface area contributed by atoms with Crippen LogP contribution in [0, 0.1) is 0 Å². The van der Waals surface area contributed by atoms with Crippen molar-refractivity contribution in [3.05, 3.63) is 143 Å². The summed E-state index contributed by atoms with van der Waals surface area (Å²) in [6.45, 7) is 8.75. The van der Waals surface area contributed by atoms with Crippen molar-refractivity contribution in [1.29, 1.82) is 0 Å². The average Bonchev–Trinajstić information content (AvgIpc) is 3.14. The highest BCUT2D eigenvalue weighted by Gasteiger charge is 2.38. The monoisotopic (exact) mass is 673 g/mol. The minimum absolute atomic E-state index is 0.0380. The van der Waals surface area contributed by atoms with Gasteiger partial charge in [-0.1, -0.05) is 112 Å². The zero-order valence-electron chi connectivity index (χ0n) is 30.0. The van der Waals surface area contributed by atoms with Gasteiger partial charge >= 0.3 is 0 Å². The summed E-state index contributed by atoms with van der Waals surface area (Å²) >= 11 is 0. The average molecular weight is 674 g/mol. The Hall–Kier alpha value is -4.59. The third-order valence-electron chi connectivity index (χ3n) is 10.2. The van der Waals surface area contributed by atoms with E-state index in [0.717, 1.165) is 16.7 Å². The number of benzene rings is 4. The van der Waals surface area contributed by atoms with E-state index in [9.17, 15) is 19.5 Å². The molecule has 0 radical (unpaired) electrons. The van der Waals surface area contributed by atoms with Gasteiger partial charge < -0.3 is 20.6 Å². The number of rotatable bonds is 12. The quantitative estimate of drug-likeness (QED) is 0.148. The number of carbonyl (C=O) groups excluding carboxylic acids is 3. The molecule has 1 aliphatic rings. The Morgan fingerprint density at radius 3 is 2.12 bits per heavy atom. The first kappa shape index (κ1) is 36.7. The Labute approximate surface area is 297 Å². The van der Waals surface area contributed by atoms with Gasteiger partial charge in [0.2, 0.25) is 0 Å². The fourth-order valence-corrected chi connectivity index (χ4v) is 6.78. The Kier molecular flexibility index (Phi) is 11.7. The molecule has 0 aliphatic heterocycles. The molecule has 0 saturated heterocycles. The number of nitrogens with one attached hydrogen (secondary N) is 2. The predicted octanol–water partition coefficient (Wildman–Crippen LogP) is 7.15. The number of Topliss-reactive ketones (excluding diaryl/α,β-unsaturated/α-hetero) is 1. The molecular weight excluding hydrogens is 622 g/mol. The Balaban J connectivity index is 1.35. The lowest BCUT2D eigenvalue weighted by atomic mass is 9.74. The lowest BCUT2D eigenvalue weighted by molar-refractivity contribution is -0.121. The van der Waals surface area contributed by atoms with Crippen molar-refractivity contribution in [3.8, 4) is 0 Å². The van der Waals surface area contributed by atoms with Gasteiger partial charge in [0, 0.05) is 43.1 Å². The third kappa shape index (κ3) is 8.95. The van der Waals surface area contributed by atoms with Crippen LogP contribution in [-0.2, 0) is 22.2 Å². The van der Waals surface area contributed by atoms with Gasteiger partial charge in [0.1, 0.15) is 5.78 Å². The topological polar surface area (TPSA) is 98.7 Å². The fraction of sp³-hybridized carbons (Fsp3) is 0.372. The number of ketones is 1. The van der Waals surface area contributed by atoms with E-state index in [4.69, 9.17) is 0 Å². The van der Waals surface area contributed by atoms with E-state index in [1.54, 1.807) is 36.2 Å². The summed E-state index contributed by atoms with van der Waals surface area (Å²) in [4.78, 5) is 41.4. The van der Waals surface area contributed by atoms with E-state index in [2.05, 4.69) is 55.7 Å². The number of aliphatic hydroxyl groups excluding tert-OH is 1. The standard InChI is InChI=1S/C43H51N3O4/c1-30(32-16-10-7-11-17-32)46(5)41(50)34-19-12-18-33(27-34)40(49)45-38(26-31-14-8-6-9-15-31)39(48)29-44-43(24-22-37(47)23-25-43)36-21-13-20-35(28-36)42(2,3)4/h6-21,27-28,30,38-39,44,48H,22-26,29H2,1-5H3,(H,45,49)/t30-,38+,39-/m1/s1. The van der Waals surface area contributed by atoms with Crippen molar-refractivity contribution in [2.24, 2.45) is 0 Å². The van der Waals surface area contributed by atoms with Crippen molar-refractivity contribution in [2.45, 2.75) is 88.9 Å². The minimum Gasteiger partial charge on any atom is -0.390 e. The second kappa shape index (κ2) is 16.0. The molecule has 1 fully saturated rings. The molecular formula is C43H51N3O4. The summed E-state index contributed by atoms with van der Waals surface area (Å²) in [5.74, 6) is -0.298. The maximum atomic E-state index is 13.8. The summed E-state index contributed by atoms with van der Waals surface area (Å²) in [6.07, 6.45) is 1.70. The van der Waals surface area contributed by atoms with Crippen molar-refractivity contribution in [1.82, 2.24) is 15.5 Å². The smallest absolute Gasteiger partial charge is 0.254 e. The van der Waals surface area contributed by atoms with Gasteiger partial charge in [0.25, 0.3) is 11.8 Å². The number of hydrogen-bond acceptors (Lipinski definition) is 5. The summed E-state index contributed by atoms with van der Waals surface area (Å²) in [5.41, 5.74) is 4.57. The zero-order valence-corrected chi connectivity index (χ0v) is 30.0. The maximum Gasteiger partial charge on any atom is 0.254 e. The van der Waals surface area contributed by atoms with Crippen LogP contribution in [0.3, 0.4) is 0 Å². The SMILES string of the molecule is C[C@H](c1ccccc1)N(C)C(=O)c1cccc(C(=O)N[C@@H](Cc2ccccc2)[C@H](O)CNC2(c3cccc(C(C)(C)C)c3)CCC(=O)CC2)c1. The van der Waals surface area contributed by atoms with E-state index in [1.165, 1.54) is 5.56 Å². The minimum atomic E-state index is -0.942. The van der Waals surface area contributed by atoms with E-state index in [0.29, 0.717) is 43.2 Å². The second-order valence-electron chi connectivity index (χ2n) is 14.8. The van der Waals surface area contributed by atoms with Gasteiger partial charge in [-0.3, -0.25) is 14.4 Å². The van der Waals surface area contributed by atoms with Gasteiger partial charge in [-0.15, -0.1) is 0 Å². The van der Waals surface area contributed by atoms with Crippen molar-refractivity contribution < 1.29 is 19.5 Å². The molecule has 7 heteroatoms.